The molecule has 5 heteroatoms. The molecule has 0 saturated carbocycles. The van der Waals surface area contributed by atoms with Crippen LogP contribution in [0.15, 0.2) is 47.4 Å². The molecule has 0 fully saturated rings. The van der Waals surface area contributed by atoms with Crippen LogP contribution in [0.5, 0.6) is 0 Å². The number of esters is 1. The van der Waals surface area contributed by atoms with Crippen molar-refractivity contribution in [2.75, 3.05) is 6.26 Å². The highest BCUT2D eigenvalue weighted by atomic mass is 32.2. The quantitative estimate of drug-likeness (QED) is 0.802. The van der Waals surface area contributed by atoms with Crippen LogP contribution in [0.4, 0.5) is 0 Å². The number of benzene rings is 2. The molecule has 0 bridgehead atoms. The molecule has 0 spiro atoms. The van der Waals surface area contributed by atoms with Crippen molar-refractivity contribution in [1.29, 1.82) is 0 Å². The van der Waals surface area contributed by atoms with Gasteiger partial charge in [-0.15, -0.1) is 0 Å². The van der Waals surface area contributed by atoms with Crippen molar-refractivity contribution in [3.05, 3.63) is 64.7 Å². The second-order valence-electron chi connectivity index (χ2n) is 5.65. The molecule has 4 nitrogen and oxygen atoms in total. The zero-order valence-corrected chi connectivity index (χ0v) is 14.5. The van der Waals surface area contributed by atoms with E-state index >= 15 is 0 Å². The summed E-state index contributed by atoms with van der Waals surface area (Å²) in [4.78, 5) is 12.4. The molecule has 2 aromatic carbocycles. The lowest BCUT2D eigenvalue weighted by molar-refractivity contribution is 0.0335. The van der Waals surface area contributed by atoms with E-state index in [0.717, 1.165) is 22.9 Å². The van der Waals surface area contributed by atoms with Gasteiger partial charge in [0.15, 0.2) is 9.84 Å². The molecule has 0 saturated heterocycles. The highest BCUT2D eigenvalue weighted by Crippen LogP contribution is 2.25. The van der Waals surface area contributed by atoms with Crippen LogP contribution in [0.3, 0.4) is 0 Å². The smallest absolute Gasteiger partial charge is 0.338 e. The van der Waals surface area contributed by atoms with Gasteiger partial charge < -0.3 is 4.74 Å². The maximum Gasteiger partial charge on any atom is 0.338 e. The van der Waals surface area contributed by atoms with Crippen molar-refractivity contribution < 1.29 is 17.9 Å². The van der Waals surface area contributed by atoms with Crippen LogP contribution < -0.4 is 0 Å². The summed E-state index contributed by atoms with van der Waals surface area (Å²) in [7, 11) is -3.27. The predicted molar refractivity (Wildman–Crippen MR) is 89.3 cm³/mol. The molecule has 122 valence electrons. The van der Waals surface area contributed by atoms with Gasteiger partial charge in [0.05, 0.1) is 10.5 Å². The lowest BCUT2D eigenvalue weighted by atomic mass is 9.99. The largest absolute Gasteiger partial charge is 0.454 e. The molecule has 1 atom stereocenters. The Labute approximate surface area is 137 Å². The average Bonchev–Trinajstić information content (AvgIpc) is 2.46. The first-order chi connectivity index (χ1) is 10.7. The van der Waals surface area contributed by atoms with E-state index in [1.54, 1.807) is 0 Å². The maximum atomic E-state index is 12.2. The van der Waals surface area contributed by atoms with Crippen molar-refractivity contribution in [2.24, 2.45) is 0 Å². The molecule has 23 heavy (non-hydrogen) atoms. The molecule has 0 N–H and O–H groups in total. The van der Waals surface area contributed by atoms with Gasteiger partial charge in [0.1, 0.15) is 6.10 Å². The van der Waals surface area contributed by atoms with Crippen LogP contribution >= 0.6 is 0 Å². The van der Waals surface area contributed by atoms with Gasteiger partial charge in [-0.2, -0.15) is 0 Å². The Kier molecular flexibility index (Phi) is 4.90. The third kappa shape index (κ3) is 3.99. The Bertz CT molecular complexity index is 800. The molecule has 0 aliphatic carbocycles. The molecule has 2 rings (SSSR count). The average molecular weight is 332 g/mol. The van der Waals surface area contributed by atoms with E-state index in [1.165, 1.54) is 24.3 Å². The SMILES string of the molecule is Cc1cccc(C)c1[C@H](C)OC(=O)c1ccc(S(C)(=O)=O)cc1. The Morgan fingerprint density at radius 1 is 1.00 bits per heavy atom. The van der Waals surface area contributed by atoms with Crippen LogP contribution in [-0.4, -0.2) is 20.6 Å². The molecule has 0 aliphatic heterocycles. The van der Waals surface area contributed by atoms with Crippen LogP contribution in [0.25, 0.3) is 0 Å². The molecule has 0 amide bonds. The molecule has 0 heterocycles. The number of ether oxygens (including phenoxy) is 1. The second-order valence-corrected chi connectivity index (χ2v) is 7.67. The van der Waals surface area contributed by atoms with Gasteiger partial charge in [0, 0.05) is 6.26 Å². The number of hydrogen-bond donors (Lipinski definition) is 0. The van der Waals surface area contributed by atoms with Crippen LogP contribution in [0.2, 0.25) is 0 Å². The van der Waals surface area contributed by atoms with E-state index in [1.807, 2.05) is 39.0 Å². The van der Waals surface area contributed by atoms with Gasteiger partial charge in [0.2, 0.25) is 0 Å². The number of carbonyl (C=O) groups excluding carboxylic acids is 1. The Hall–Kier alpha value is -2.14. The van der Waals surface area contributed by atoms with Crippen LogP contribution in [-0.2, 0) is 14.6 Å². The zero-order chi connectivity index (χ0) is 17.2. The molecule has 0 aromatic heterocycles. The van der Waals surface area contributed by atoms with Crippen molar-refractivity contribution in [2.45, 2.75) is 31.8 Å². The van der Waals surface area contributed by atoms with Gasteiger partial charge in [0.25, 0.3) is 0 Å². The van der Waals surface area contributed by atoms with E-state index in [-0.39, 0.29) is 11.0 Å². The fourth-order valence-electron chi connectivity index (χ4n) is 2.59. The number of sulfone groups is 1. The number of hydrogen-bond acceptors (Lipinski definition) is 4. The second kappa shape index (κ2) is 6.54. The normalized spacial score (nSPS) is 12.7. The highest BCUT2D eigenvalue weighted by Gasteiger charge is 2.17. The summed E-state index contributed by atoms with van der Waals surface area (Å²) in [6.45, 7) is 5.79. The third-order valence-electron chi connectivity index (χ3n) is 3.75. The van der Waals surface area contributed by atoms with Crippen molar-refractivity contribution in [1.82, 2.24) is 0 Å². The minimum atomic E-state index is -3.27. The van der Waals surface area contributed by atoms with E-state index in [2.05, 4.69) is 0 Å². The summed E-state index contributed by atoms with van der Waals surface area (Å²) in [5, 5.41) is 0. The summed E-state index contributed by atoms with van der Waals surface area (Å²) in [5.41, 5.74) is 3.46. The summed E-state index contributed by atoms with van der Waals surface area (Å²) >= 11 is 0. The minimum Gasteiger partial charge on any atom is -0.454 e. The molecule has 0 unspecified atom stereocenters. The number of rotatable bonds is 4. The molecule has 0 radical (unpaired) electrons. The minimum absolute atomic E-state index is 0.178. The van der Waals surface area contributed by atoms with Gasteiger partial charge in [-0.3, -0.25) is 0 Å². The lowest BCUT2D eigenvalue weighted by Crippen LogP contribution is -2.11. The lowest BCUT2D eigenvalue weighted by Gasteiger charge is -2.18. The Balaban J connectivity index is 2.19. The summed E-state index contributed by atoms with van der Waals surface area (Å²) in [6, 6.07) is 11.7. The monoisotopic (exact) mass is 332 g/mol. The van der Waals surface area contributed by atoms with E-state index in [9.17, 15) is 13.2 Å². The third-order valence-corrected chi connectivity index (χ3v) is 4.88. The van der Waals surface area contributed by atoms with E-state index < -0.39 is 15.8 Å². The van der Waals surface area contributed by atoms with E-state index in [0.29, 0.717) is 5.56 Å². The van der Waals surface area contributed by atoms with Crippen molar-refractivity contribution in [3.8, 4) is 0 Å². The van der Waals surface area contributed by atoms with Gasteiger partial charge in [-0.1, -0.05) is 18.2 Å². The fourth-order valence-corrected chi connectivity index (χ4v) is 3.22. The Morgan fingerprint density at radius 2 is 1.52 bits per heavy atom. The number of aryl methyl sites for hydroxylation is 2. The van der Waals surface area contributed by atoms with E-state index in [4.69, 9.17) is 4.74 Å². The van der Waals surface area contributed by atoms with Gasteiger partial charge in [-0.25, -0.2) is 13.2 Å². The standard InChI is InChI=1S/C18H20O4S/c1-12-6-5-7-13(2)17(12)14(3)22-18(19)15-8-10-16(11-9-15)23(4,20)21/h5-11,14H,1-4H3/t14-/m0/s1. The first kappa shape index (κ1) is 17.2. The molecule has 2 aromatic rings. The Morgan fingerprint density at radius 3 is 2.00 bits per heavy atom. The van der Waals surface area contributed by atoms with Crippen molar-refractivity contribution >= 4 is 15.8 Å². The molecular formula is C18H20O4S. The summed E-state index contributed by atoms with van der Waals surface area (Å²) < 4.78 is 28.4. The zero-order valence-electron chi connectivity index (χ0n) is 13.7. The van der Waals surface area contributed by atoms with Crippen LogP contribution in [0.1, 0.15) is 40.1 Å². The molecular weight excluding hydrogens is 312 g/mol. The van der Waals surface area contributed by atoms with Gasteiger partial charge >= 0.3 is 5.97 Å². The first-order valence-electron chi connectivity index (χ1n) is 7.27. The molecule has 0 aliphatic rings. The highest BCUT2D eigenvalue weighted by molar-refractivity contribution is 7.90. The first-order valence-corrected chi connectivity index (χ1v) is 9.16. The van der Waals surface area contributed by atoms with Crippen LogP contribution in [0, 0.1) is 13.8 Å². The number of carbonyl (C=O) groups is 1. The fraction of sp³-hybridized carbons (Fsp3) is 0.278. The predicted octanol–water partition coefficient (Wildman–Crippen LogP) is 3.62. The van der Waals surface area contributed by atoms with Crippen molar-refractivity contribution in [3.63, 3.8) is 0 Å². The summed E-state index contributed by atoms with van der Waals surface area (Å²) in [6.07, 6.45) is 0.752. The van der Waals surface area contributed by atoms with Gasteiger partial charge in [-0.05, 0) is 61.7 Å². The maximum absolute atomic E-state index is 12.2. The summed E-state index contributed by atoms with van der Waals surface area (Å²) in [5.74, 6) is -0.472. The topological polar surface area (TPSA) is 60.4 Å².